The average Bonchev–Trinajstić information content (AvgIpc) is 3.03. The summed E-state index contributed by atoms with van der Waals surface area (Å²) in [4.78, 5) is 14.2. The number of aliphatic hydroxyl groups is 1. The molecule has 2 fully saturated rings. The van der Waals surface area contributed by atoms with Gasteiger partial charge in [-0.1, -0.05) is 25.0 Å². The van der Waals surface area contributed by atoms with Crippen molar-refractivity contribution in [2.45, 2.75) is 57.2 Å². The van der Waals surface area contributed by atoms with Crippen LogP contribution in [0.5, 0.6) is 0 Å². The fourth-order valence-electron chi connectivity index (χ4n) is 4.26. The number of rotatable bonds is 4. The molecule has 1 heterocycles. The van der Waals surface area contributed by atoms with Crippen LogP contribution >= 0.6 is 0 Å². The smallest absolute Gasteiger partial charge is 0.251 e. The second kappa shape index (κ2) is 7.45. The zero-order valence-corrected chi connectivity index (χ0v) is 14.0. The Kier molecular flexibility index (Phi) is 5.34. The topological polar surface area (TPSA) is 52.6 Å². The minimum absolute atomic E-state index is 0.0408. The zero-order chi connectivity index (χ0) is 16.2. The number of aliphatic hydroxyl groups excluding tert-OH is 1. The second-order valence-electron chi connectivity index (χ2n) is 6.97. The molecule has 2 aliphatic rings. The molecular formula is C19H28N2O2. The van der Waals surface area contributed by atoms with Gasteiger partial charge in [0.15, 0.2) is 0 Å². The van der Waals surface area contributed by atoms with Crippen molar-refractivity contribution in [2.75, 3.05) is 13.6 Å². The second-order valence-corrected chi connectivity index (χ2v) is 6.97. The van der Waals surface area contributed by atoms with Crippen LogP contribution in [0.4, 0.5) is 0 Å². The molecule has 2 N–H and O–H groups in total. The van der Waals surface area contributed by atoms with E-state index in [2.05, 4.69) is 22.3 Å². The van der Waals surface area contributed by atoms with Crippen LogP contribution < -0.4 is 5.32 Å². The van der Waals surface area contributed by atoms with E-state index in [1.165, 1.54) is 31.2 Å². The summed E-state index contributed by atoms with van der Waals surface area (Å²) in [5.74, 6) is 0.400. The third-order valence-corrected chi connectivity index (χ3v) is 5.52. The van der Waals surface area contributed by atoms with Gasteiger partial charge < -0.3 is 10.4 Å². The Balaban J connectivity index is 1.65. The molecule has 126 valence electrons. The van der Waals surface area contributed by atoms with E-state index < -0.39 is 0 Å². The summed E-state index contributed by atoms with van der Waals surface area (Å²) in [6, 6.07) is 8.42. The van der Waals surface area contributed by atoms with Gasteiger partial charge in [0.2, 0.25) is 0 Å². The van der Waals surface area contributed by atoms with Gasteiger partial charge in [-0.3, -0.25) is 9.69 Å². The summed E-state index contributed by atoms with van der Waals surface area (Å²) in [7, 11) is 1.65. The molecule has 1 amide bonds. The van der Waals surface area contributed by atoms with E-state index in [0.717, 1.165) is 25.9 Å². The number of benzene rings is 1. The third kappa shape index (κ3) is 3.75. The Bertz CT molecular complexity index is 529. The van der Waals surface area contributed by atoms with Crippen molar-refractivity contribution < 1.29 is 9.90 Å². The number of likely N-dealkylation sites (tertiary alicyclic amines) is 1. The standard InChI is InChI=1S/C19H28N2O2/c1-20-19(23)15-10-8-14(9-11-15)13-21-12-4-6-17(21)16-5-2-3-7-18(16)22/h8-11,16-18,22H,2-7,12-13H2,1H3,(H,20,23). The molecule has 0 spiro atoms. The minimum Gasteiger partial charge on any atom is -0.393 e. The molecule has 4 nitrogen and oxygen atoms in total. The Morgan fingerprint density at radius 1 is 1.17 bits per heavy atom. The van der Waals surface area contributed by atoms with E-state index in [9.17, 15) is 9.90 Å². The van der Waals surface area contributed by atoms with Gasteiger partial charge in [-0.25, -0.2) is 0 Å². The normalized spacial score (nSPS) is 28.7. The molecule has 3 atom stereocenters. The molecule has 0 aromatic heterocycles. The summed E-state index contributed by atoms with van der Waals surface area (Å²) < 4.78 is 0. The number of carbonyl (C=O) groups is 1. The largest absolute Gasteiger partial charge is 0.393 e. The first kappa shape index (κ1) is 16.5. The Hall–Kier alpha value is -1.39. The van der Waals surface area contributed by atoms with E-state index in [1.807, 2.05) is 12.1 Å². The lowest BCUT2D eigenvalue weighted by molar-refractivity contribution is 0.0201. The molecule has 1 saturated heterocycles. The maximum Gasteiger partial charge on any atom is 0.251 e. The van der Waals surface area contributed by atoms with Gasteiger partial charge in [0, 0.05) is 31.1 Å². The molecule has 1 aromatic rings. The van der Waals surface area contributed by atoms with Crippen molar-refractivity contribution in [3.63, 3.8) is 0 Å². The van der Waals surface area contributed by atoms with Crippen molar-refractivity contribution in [1.82, 2.24) is 10.2 Å². The number of nitrogens with one attached hydrogen (secondary N) is 1. The Morgan fingerprint density at radius 3 is 2.61 bits per heavy atom. The van der Waals surface area contributed by atoms with Crippen molar-refractivity contribution >= 4 is 5.91 Å². The van der Waals surface area contributed by atoms with Gasteiger partial charge in [0.05, 0.1) is 6.10 Å². The summed E-state index contributed by atoms with van der Waals surface area (Å²) in [5, 5.41) is 13.0. The lowest BCUT2D eigenvalue weighted by atomic mass is 9.80. The van der Waals surface area contributed by atoms with Crippen molar-refractivity contribution in [2.24, 2.45) is 5.92 Å². The first-order valence-electron chi connectivity index (χ1n) is 8.92. The van der Waals surface area contributed by atoms with Crippen LogP contribution in [0, 0.1) is 5.92 Å². The lowest BCUT2D eigenvalue weighted by Crippen LogP contribution is -2.42. The van der Waals surface area contributed by atoms with Crippen molar-refractivity contribution in [3.05, 3.63) is 35.4 Å². The van der Waals surface area contributed by atoms with Gasteiger partial charge in [-0.2, -0.15) is 0 Å². The molecular weight excluding hydrogens is 288 g/mol. The van der Waals surface area contributed by atoms with Crippen LogP contribution in [0.1, 0.15) is 54.4 Å². The number of nitrogens with zero attached hydrogens (tertiary/aromatic N) is 1. The van der Waals surface area contributed by atoms with Crippen LogP contribution in [-0.2, 0) is 6.54 Å². The summed E-state index contributed by atoms with van der Waals surface area (Å²) in [6.45, 7) is 2.03. The van der Waals surface area contributed by atoms with E-state index in [0.29, 0.717) is 17.5 Å². The maximum absolute atomic E-state index is 11.6. The molecule has 4 heteroatoms. The van der Waals surface area contributed by atoms with Crippen molar-refractivity contribution in [1.29, 1.82) is 0 Å². The van der Waals surface area contributed by atoms with Gasteiger partial charge in [0.25, 0.3) is 5.91 Å². The first-order valence-corrected chi connectivity index (χ1v) is 8.92. The summed E-state index contributed by atoms with van der Waals surface area (Å²) >= 11 is 0. The van der Waals surface area contributed by atoms with E-state index in [4.69, 9.17) is 0 Å². The molecule has 1 aliphatic heterocycles. The molecule has 0 bridgehead atoms. The molecule has 1 saturated carbocycles. The van der Waals surface area contributed by atoms with Crippen LogP contribution in [0.3, 0.4) is 0 Å². The number of hydrogen-bond acceptors (Lipinski definition) is 3. The van der Waals surface area contributed by atoms with Gasteiger partial charge in [0.1, 0.15) is 0 Å². The number of hydrogen-bond donors (Lipinski definition) is 2. The molecule has 3 unspecified atom stereocenters. The summed E-state index contributed by atoms with van der Waals surface area (Å²) in [5.41, 5.74) is 1.95. The van der Waals surface area contributed by atoms with Crippen LogP contribution in [0.15, 0.2) is 24.3 Å². The van der Waals surface area contributed by atoms with Crippen molar-refractivity contribution in [3.8, 4) is 0 Å². The monoisotopic (exact) mass is 316 g/mol. The van der Waals surface area contributed by atoms with Gasteiger partial charge >= 0.3 is 0 Å². The quantitative estimate of drug-likeness (QED) is 0.897. The highest BCUT2D eigenvalue weighted by molar-refractivity contribution is 5.93. The highest BCUT2D eigenvalue weighted by atomic mass is 16.3. The Labute approximate surface area is 138 Å². The van der Waals surface area contributed by atoms with Gasteiger partial charge in [-0.15, -0.1) is 0 Å². The first-order chi connectivity index (χ1) is 11.2. The molecule has 3 rings (SSSR count). The van der Waals surface area contributed by atoms with Gasteiger partial charge in [-0.05, 0) is 49.9 Å². The highest BCUT2D eigenvalue weighted by Crippen LogP contribution is 2.35. The molecule has 0 radical (unpaired) electrons. The fraction of sp³-hybridized carbons (Fsp3) is 0.632. The zero-order valence-electron chi connectivity index (χ0n) is 14.0. The maximum atomic E-state index is 11.6. The van der Waals surface area contributed by atoms with E-state index >= 15 is 0 Å². The third-order valence-electron chi connectivity index (χ3n) is 5.52. The van der Waals surface area contributed by atoms with Crippen LogP contribution in [0.2, 0.25) is 0 Å². The van der Waals surface area contributed by atoms with E-state index in [-0.39, 0.29) is 12.0 Å². The predicted molar refractivity (Wildman–Crippen MR) is 91.2 cm³/mol. The SMILES string of the molecule is CNC(=O)c1ccc(CN2CCCC2C2CCCCC2O)cc1. The predicted octanol–water partition coefficient (Wildman–Crippen LogP) is 2.56. The summed E-state index contributed by atoms with van der Waals surface area (Å²) in [6.07, 6.45) is 6.87. The average molecular weight is 316 g/mol. The minimum atomic E-state index is -0.120. The number of amides is 1. The molecule has 23 heavy (non-hydrogen) atoms. The Morgan fingerprint density at radius 2 is 1.91 bits per heavy atom. The van der Waals surface area contributed by atoms with Crippen LogP contribution in [0.25, 0.3) is 0 Å². The highest BCUT2D eigenvalue weighted by Gasteiger charge is 2.36. The van der Waals surface area contributed by atoms with Crippen LogP contribution in [-0.4, -0.2) is 41.7 Å². The number of carbonyl (C=O) groups excluding carboxylic acids is 1. The molecule has 1 aliphatic carbocycles. The molecule has 1 aromatic carbocycles. The van der Waals surface area contributed by atoms with E-state index in [1.54, 1.807) is 7.05 Å². The lowest BCUT2D eigenvalue weighted by Gasteiger charge is -2.37. The fourth-order valence-corrected chi connectivity index (χ4v) is 4.26.